The number of fused-ring (bicyclic) bond motifs is 1. The second-order valence-corrected chi connectivity index (χ2v) is 2.67. The van der Waals surface area contributed by atoms with Crippen LogP contribution in [0.1, 0.15) is 0 Å². The molecular formula is C2H4B6. The van der Waals surface area contributed by atoms with Crippen LogP contribution in [-0.4, -0.2) is 41.5 Å². The van der Waals surface area contributed by atoms with E-state index in [2.05, 4.69) is 28.5 Å². The molecule has 0 unspecified atom stereocenters. The fourth-order valence-electron chi connectivity index (χ4n) is 1.62. The second-order valence-electron chi connectivity index (χ2n) is 2.67. The maximum absolute atomic E-state index is 2.40. The molecule has 0 amide bonds. The van der Waals surface area contributed by atoms with E-state index in [-0.39, 0.29) is 0 Å². The highest BCUT2D eigenvalue weighted by Crippen LogP contribution is 2.12. The maximum Gasteiger partial charge on any atom is 0.0900 e. The Kier molecular flexibility index (Phi) is 1.28. The van der Waals surface area contributed by atoms with Gasteiger partial charge in [-0.1, -0.05) is 0 Å². The minimum atomic E-state index is 0.884. The molecule has 0 saturated carbocycles. The van der Waals surface area contributed by atoms with E-state index in [4.69, 9.17) is 0 Å². The van der Waals surface area contributed by atoms with Crippen LogP contribution in [-0.2, 0) is 0 Å². The van der Waals surface area contributed by atoms with Crippen molar-refractivity contribution in [3.05, 3.63) is 0 Å². The molecule has 0 spiro atoms. The van der Waals surface area contributed by atoms with Gasteiger partial charge in [-0.3, -0.25) is 0 Å². The summed E-state index contributed by atoms with van der Waals surface area (Å²) in [7, 11) is 9.26. The lowest BCUT2D eigenvalue weighted by atomic mass is 8.95. The smallest absolute Gasteiger partial charge is 0.0900 e. The van der Waals surface area contributed by atoms with Crippen LogP contribution in [0, 0.1) is 0 Å². The first-order valence-electron chi connectivity index (χ1n) is 3.30. The average molecular weight is 92.9 g/mol. The topological polar surface area (TPSA) is 0 Å². The summed E-state index contributed by atoms with van der Waals surface area (Å²) in [4.78, 5) is 0. The number of hydrogen-bond acceptors (Lipinski definition) is 0. The monoisotopic (exact) mass is 94.1 g/mol. The van der Waals surface area contributed by atoms with Crippen LogP contribution in [0.2, 0.25) is 12.4 Å². The van der Waals surface area contributed by atoms with E-state index < -0.39 is 0 Å². The van der Waals surface area contributed by atoms with Gasteiger partial charge in [-0.05, 0) is 0 Å². The van der Waals surface area contributed by atoms with Crippen molar-refractivity contribution in [1.82, 2.24) is 0 Å². The molecule has 2 aliphatic heterocycles. The van der Waals surface area contributed by atoms with Gasteiger partial charge in [0.05, 0.1) is 7.28 Å². The van der Waals surface area contributed by atoms with E-state index in [1.807, 2.05) is 0 Å². The Balaban J connectivity index is 2.04. The number of rotatable bonds is 0. The summed E-state index contributed by atoms with van der Waals surface area (Å²) < 4.78 is 0. The quantitative estimate of drug-likeness (QED) is 0.324. The van der Waals surface area contributed by atoms with Crippen molar-refractivity contribution >= 4 is 41.5 Å². The van der Waals surface area contributed by atoms with Gasteiger partial charge in [0.2, 0.25) is 0 Å². The van der Waals surface area contributed by atoms with E-state index >= 15 is 0 Å². The highest BCUT2D eigenvalue weighted by Gasteiger charge is 2.35. The summed E-state index contributed by atoms with van der Waals surface area (Å²) >= 11 is 0. The predicted octanol–water partition coefficient (Wildman–Crippen LogP) is -1.36. The molecule has 30 valence electrons. The van der Waals surface area contributed by atoms with Gasteiger partial charge < -0.3 is 0 Å². The molecule has 0 nitrogen and oxygen atoms in total. The van der Waals surface area contributed by atoms with Crippen LogP contribution < -0.4 is 0 Å². The van der Waals surface area contributed by atoms with Gasteiger partial charge in [0, 0.05) is 34.2 Å². The van der Waals surface area contributed by atoms with Crippen molar-refractivity contribution in [3.8, 4) is 0 Å². The highest BCUT2D eigenvalue weighted by atomic mass is 13.6. The van der Waals surface area contributed by atoms with Gasteiger partial charge in [-0.2, -0.15) is 0 Å². The van der Waals surface area contributed by atoms with Crippen molar-refractivity contribution in [1.29, 1.82) is 0 Å². The lowest BCUT2D eigenvalue weighted by molar-refractivity contribution is 1.95. The van der Waals surface area contributed by atoms with Crippen molar-refractivity contribution < 1.29 is 0 Å². The maximum atomic E-state index is 2.40. The summed E-state index contributed by atoms with van der Waals surface area (Å²) in [5.41, 5.74) is 0. The van der Waals surface area contributed by atoms with Crippen molar-refractivity contribution in [2.45, 2.75) is 12.4 Å². The normalized spacial score (nSPS) is 23.0. The molecule has 2 heterocycles. The molecule has 0 aromatic rings. The molecule has 8 heavy (non-hydrogen) atoms. The van der Waals surface area contributed by atoms with Crippen LogP contribution in [0.3, 0.4) is 0 Å². The van der Waals surface area contributed by atoms with Crippen molar-refractivity contribution in [2.75, 3.05) is 0 Å². The third-order valence-corrected chi connectivity index (χ3v) is 2.14. The summed E-state index contributed by atoms with van der Waals surface area (Å²) in [6.45, 7) is 1.77. The van der Waals surface area contributed by atoms with Gasteiger partial charge in [-0.15, -0.1) is 12.4 Å². The largest absolute Gasteiger partial charge is 0.115 e. The Labute approximate surface area is 54.6 Å². The Morgan fingerprint density at radius 3 is 2.25 bits per heavy atom. The molecule has 2 fully saturated rings. The molecule has 6 heteroatoms. The van der Waals surface area contributed by atoms with Crippen LogP contribution in [0.5, 0.6) is 0 Å². The third-order valence-electron chi connectivity index (χ3n) is 2.14. The SMILES string of the molecule is [B]1[B]B2C[B]CB2[B]1. The molecule has 0 bridgehead atoms. The molecule has 2 aliphatic rings. The first kappa shape index (κ1) is 5.20. The molecule has 2 rings (SSSR count). The molecule has 0 aromatic carbocycles. The minimum absolute atomic E-state index is 0.884. The first-order chi connectivity index (χ1) is 3.97. The van der Waals surface area contributed by atoms with Gasteiger partial charge in [0.25, 0.3) is 0 Å². The van der Waals surface area contributed by atoms with Gasteiger partial charge in [0.15, 0.2) is 0 Å². The van der Waals surface area contributed by atoms with E-state index in [1.165, 1.54) is 12.4 Å². The van der Waals surface area contributed by atoms with Gasteiger partial charge in [0.1, 0.15) is 0 Å². The summed E-state index contributed by atoms with van der Waals surface area (Å²) in [5.74, 6) is 0. The Morgan fingerprint density at radius 1 is 1.00 bits per heavy atom. The molecule has 0 aromatic heterocycles. The van der Waals surface area contributed by atoms with Gasteiger partial charge >= 0.3 is 0 Å². The molecule has 0 N–H and O–H groups in total. The molecule has 4 radical (unpaired) electrons. The predicted molar refractivity (Wildman–Crippen MR) is 44.1 cm³/mol. The average Bonchev–Trinajstić information content (AvgIpc) is 2.15. The first-order valence-corrected chi connectivity index (χ1v) is 3.30. The fourth-order valence-corrected chi connectivity index (χ4v) is 1.62. The van der Waals surface area contributed by atoms with Crippen molar-refractivity contribution in [2.24, 2.45) is 0 Å². The zero-order chi connectivity index (χ0) is 5.40. The Hall–Kier alpha value is 0.390. The van der Waals surface area contributed by atoms with Gasteiger partial charge in [-0.25, -0.2) is 0 Å². The number of hydrogen-bond donors (Lipinski definition) is 0. The molecule has 0 aliphatic carbocycles. The zero-order valence-corrected chi connectivity index (χ0v) is 4.88. The molecule has 0 atom stereocenters. The summed E-state index contributed by atoms with van der Waals surface area (Å²) in [6.07, 6.45) is 2.63. The van der Waals surface area contributed by atoms with E-state index in [0.717, 1.165) is 13.0 Å². The minimum Gasteiger partial charge on any atom is -0.115 e. The third kappa shape index (κ3) is 0.691. The second kappa shape index (κ2) is 1.97. The Morgan fingerprint density at radius 2 is 1.62 bits per heavy atom. The lowest BCUT2D eigenvalue weighted by Gasteiger charge is -1.99. The van der Waals surface area contributed by atoms with Crippen LogP contribution in [0.4, 0.5) is 0 Å². The van der Waals surface area contributed by atoms with E-state index in [9.17, 15) is 0 Å². The molecular weight excluding hydrogens is 88.9 g/mol. The summed E-state index contributed by atoms with van der Waals surface area (Å²) in [6, 6.07) is 0. The van der Waals surface area contributed by atoms with Crippen molar-refractivity contribution in [3.63, 3.8) is 0 Å². The fraction of sp³-hybridized carbons (Fsp3) is 1.00. The van der Waals surface area contributed by atoms with Crippen LogP contribution in [0.25, 0.3) is 0 Å². The summed E-state index contributed by atoms with van der Waals surface area (Å²) in [5, 5.41) is 0. The van der Waals surface area contributed by atoms with Crippen LogP contribution >= 0.6 is 0 Å². The lowest BCUT2D eigenvalue weighted by Crippen LogP contribution is -2.30. The van der Waals surface area contributed by atoms with E-state index in [1.54, 1.807) is 0 Å². The van der Waals surface area contributed by atoms with E-state index in [0.29, 0.717) is 0 Å². The van der Waals surface area contributed by atoms with Crippen LogP contribution in [0.15, 0.2) is 0 Å². The zero-order valence-electron chi connectivity index (χ0n) is 4.88. The molecule has 2 saturated heterocycles. The highest BCUT2D eigenvalue weighted by molar-refractivity contribution is 7.86. The Bertz CT molecular complexity index is 72.5. The standard InChI is InChI=1S/C2H4B6/c1-3-2-8-6-4-5-7(1)8/h1-2H2.